The highest BCUT2D eigenvalue weighted by Gasteiger charge is 2.37. The van der Waals surface area contributed by atoms with Gasteiger partial charge in [-0.2, -0.15) is 5.10 Å². The van der Waals surface area contributed by atoms with Gasteiger partial charge >= 0.3 is 0 Å². The molecule has 0 atom stereocenters. The van der Waals surface area contributed by atoms with Gasteiger partial charge in [0.2, 0.25) is 0 Å². The molecule has 1 aliphatic heterocycles. The summed E-state index contributed by atoms with van der Waals surface area (Å²) in [5.74, 6) is -0.0194. The number of aromatic amines is 1. The molecule has 2 aliphatic rings. The second-order valence-electron chi connectivity index (χ2n) is 8.24. The van der Waals surface area contributed by atoms with Crippen molar-refractivity contribution in [3.63, 3.8) is 0 Å². The van der Waals surface area contributed by atoms with E-state index >= 15 is 0 Å². The fourth-order valence-corrected chi connectivity index (χ4v) is 3.59. The van der Waals surface area contributed by atoms with E-state index in [0.29, 0.717) is 18.3 Å². The molecule has 25 heavy (non-hydrogen) atoms. The number of aromatic nitrogens is 2. The Bertz CT molecular complexity index is 813. The Morgan fingerprint density at radius 3 is 2.64 bits per heavy atom. The molecule has 0 radical (unpaired) electrons. The molecular formula is C20H26N4O. The van der Waals surface area contributed by atoms with Gasteiger partial charge in [0.05, 0.1) is 11.4 Å². The molecule has 1 N–H and O–H groups in total. The highest BCUT2D eigenvalue weighted by molar-refractivity contribution is 6.07. The Labute approximate surface area is 149 Å². The fraction of sp³-hybridized carbons (Fsp3) is 0.500. The number of aryl methyl sites for hydroxylation is 1. The predicted octanol–water partition coefficient (Wildman–Crippen LogP) is 3.64. The minimum atomic E-state index is -0.0509. The molecule has 1 aromatic heterocycles. The van der Waals surface area contributed by atoms with Gasteiger partial charge in [-0.05, 0) is 37.5 Å². The predicted molar refractivity (Wildman–Crippen MR) is 101 cm³/mol. The first-order valence-electron chi connectivity index (χ1n) is 9.10. The maximum Gasteiger partial charge on any atom is 0.278 e. The molecule has 2 aromatic rings. The second-order valence-corrected chi connectivity index (χ2v) is 8.24. The number of benzene rings is 1. The van der Waals surface area contributed by atoms with Crippen molar-refractivity contribution in [2.45, 2.75) is 52.0 Å². The van der Waals surface area contributed by atoms with E-state index in [1.165, 1.54) is 24.1 Å². The van der Waals surface area contributed by atoms with Crippen molar-refractivity contribution in [2.24, 2.45) is 0 Å². The van der Waals surface area contributed by atoms with E-state index in [2.05, 4.69) is 54.9 Å². The van der Waals surface area contributed by atoms with Crippen molar-refractivity contribution >= 4 is 17.3 Å². The van der Waals surface area contributed by atoms with E-state index in [1.807, 2.05) is 17.0 Å². The van der Waals surface area contributed by atoms with E-state index in [-0.39, 0.29) is 11.3 Å². The maximum absolute atomic E-state index is 13.1. The fourth-order valence-electron chi connectivity index (χ4n) is 3.59. The van der Waals surface area contributed by atoms with Gasteiger partial charge in [-0.25, -0.2) is 0 Å². The Kier molecular flexibility index (Phi) is 3.63. The number of nitrogens with one attached hydrogen (secondary N) is 1. The summed E-state index contributed by atoms with van der Waals surface area (Å²) in [5, 5.41) is 7.32. The maximum atomic E-state index is 13.1. The summed E-state index contributed by atoms with van der Waals surface area (Å²) in [4.78, 5) is 17.5. The van der Waals surface area contributed by atoms with Crippen molar-refractivity contribution < 1.29 is 4.79 Å². The molecular weight excluding hydrogens is 312 g/mol. The van der Waals surface area contributed by atoms with Crippen LogP contribution in [0.15, 0.2) is 24.3 Å². The number of amides is 1. The minimum Gasteiger partial charge on any atom is -0.365 e. The van der Waals surface area contributed by atoms with E-state index in [0.717, 1.165) is 17.9 Å². The number of H-pyrrole nitrogens is 1. The molecule has 2 heterocycles. The average molecular weight is 338 g/mol. The van der Waals surface area contributed by atoms with Gasteiger partial charge < -0.3 is 9.80 Å². The number of anilines is 2. The molecule has 4 rings (SSSR count). The lowest BCUT2D eigenvalue weighted by atomic mass is 9.92. The molecule has 5 nitrogen and oxygen atoms in total. The number of para-hydroxylation sites is 1. The van der Waals surface area contributed by atoms with Gasteiger partial charge in [0.15, 0.2) is 5.69 Å². The van der Waals surface area contributed by atoms with Crippen molar-refractivity contribution in [2.75, 3.05) is 22.9 Å². The largest absolute Gasteiger partial charge is 0.365 e. The van der Waals surface area contributed by atoms with Crippen LogP contribution in [0.4, 0.5) is 11.4 Å². The zero-order valence-electron chi connectivity index (χ0n) is 15.5. The Balaban J connectivity index is 1.69. The topological polar surface area (TPSA) is 52.2 Å². The lowest BCUT2D eigenvalue weighted by Crippen LogP contribution is -2.45. The first-order valence-corrected chi connectivity index (χ1v) is 9.10. The van der Waals surface area contributed by atoms with Gasteiger partial charge in [0, 0.05) is 30.2 Å². The molecule has 1 amide bonds. The number of nitrogens with zero attached hydrogens (tertiary/aromatic N) is 3. The molecule has 1 fully saturated rings. The normalized spacial score (nSPS) is 17.6. The van der Waals surface area contributed by atoms with E-state index in [4.69, 9.17) is 0 Å². The summed E-state index contributed by atoms with van der Waals surface area (Å²) in [6, 6.07) is 8.77. The van der Waals surface area contributed by atoms with E-state index < -0.39 is 0 Å². The van der Waals surface area contributed by atoms with Crippen molar-refractivity contribution in [1.82, 2.24) is 10.2 Å². The Morgan fingerprint density at radius 1 is 1.24 bits per heavy atom. The summed E-state index contributed by atoms with van der Waals surface area (Å²) in [5.41, 5.74) is 4.90. The zero-order valence-corrected chi connectivity index (χ0v) is 15.5. The lowest BCUT2D eigenvalue weighted by molar-refractivity contribution is 0.0981. The quantitative estimate of drug-likeness (QED) is 0.909. The van der Waals surface area contributed by atoms with E-state index in [9.17, 15) is 4.79 Å². The van der Waals surface area contributed by atoms with Crippen LogP contribution in [0.5, 0.6) is 0 Å². The first-order chi connectivity index (χ1) is 11.9. The molecule has 1 saturated carbocycles. The van der Waals surface area contributed by atoms with Gasteiger partial charge in [0.1, 0.15) is 0 Å². The van der Waals surface area contributed by atoms with Crippen LogP contribution in [-0.2, 0) is 5.41 Å². The summed E-state index contributed by atoms with van der Waals surface area (Å²) in [6.07, 6.45) is 2.52. The standard InChI is InChI=1S/C20H26N4O/c1-13-6-5-7-16-18(13)23(14-8-9-14)10-11-24(16)19(25)15-12-17(22-21-15)20(2,3)4/h5-7,12,14H,8-11H2,1-4H3,(H,21,22). The summed E-state index contributed by atoms with van der Waals surface area (Å²) >= 11 is 0. The van der Waals surface area contributed by atoms with Crippen LogP contribution in [0.2, 0.25) is 0 Å². The first kappa shape index (κ1) is 16.2. The number of carbonyl (C=O) groups is 1. The SMILES string of the molecule is Cc1cccc2c1N(C1CC1)CCN2C(=O)c1cc(C(C)(C)C)[nH]n1. The van der Waals surface area contributed by atoms with Crippen LogP contribution in [0.3, 0.4) is 0 Å². The van der Waals surface area contributed by atoms with Gasteiger partial charge in [-0.3, -0.25) is 9.89 Å². The molecule has 0 bridgehead atoms. The van der Waals surface area contributed by atoms with Crippen LogP contribution in [-0.4, -0.2) is 35.2 Å². The van der Waals surface area contributed by atoms with Gasteiger partial charge in [-0.15, -0.1) is 0 Å². The third-order valence-corrected chi connectivity index (χ3v) is 5.20. The number of rotatable bonds is 2. The number of hydrogen-bond donors (Lipinski definition) is 1. The number of fused-ring (bicyclic) bond motifs is 1. The summed E-state index contributed by atoms with van der Waals surface area (Å²) in [7, 11) is 0. The molecule has 132 valence electrons. The van der Waals surface area contributed by atoms with Gasteiger partial charge in [0.25, 0.3) is 5.91 Å². The minimum absolute atomic E-state index is 0.0194. The molecule has 0 saturated heterocycles. The highest BCUT2D eigenvalue weighted by atomic mass is 16.2. The molecule has 5 heteroatoms. The van der Waals surface area contributed by atoms with Crippen LogP contribution in [0.25, 0.3) is 0 Å². The number of hydrogen-bond acceptors (Lipinski definition) is 3. The lowest BCUT2D eigenvalue weighted by Gasteiger charge is -2.38. The van der Waals surface area contributed by atoms with Crippen LogP contribution < -0.4 is 9.80 Å². The smallest absolute Gasteiger partial charge is 0.278 e. The van der Waals surface area contributed by atoms with E-state index in [1.54, 1.807) is 0 Å². The Morgan fingerprint density at radius 2 is 2.00 bits per heavy atom. The molecule has 1 aromatic carbocycles. The van der Waals surface area contributed by atoms with Gasteiger partial charge in [-0.1, -0.05) is 32.9 Å². The molecule has 1 aliphatic carbocycles. The third kappa shape index (κ3) is 2.81. The zero-order chi connectivity index (χ0) is 17.8. The van der Waals surface area contributed by atoms with Crippen molar-refractivity contribution in [1.29, 1.82) is 0 Å². The van der Waals surface area contributed by atoms with Crippen LogP contribution in [0, 0.1) is 6.92 Å². The monoisotopic (exact) mass is 338 g/mol. The van der Waals surface area contributed by atoms with Crippen LogP contribution in [0.1, 0.15) is 55.4 Å². The molecule has 0 spiro atoms. The highest BCUT2D eigenvalue weighted by Crippen LogP contribution is 2.42. The van der Waals surface area contributed by atoms with Crippen LogP contribution >= 0.6 is 0 Å². The number of carbonyl (C=O) groups excluding carboxylic acids is 1. The summed E-state index contributed by atoms with van der Waals surface area (Å²) < 4.78 is 0. The summed E-state index contributed by atoms with van der Waals surface area (Å²) in [6.45, 7) is 10.1. The van der Waals surface area contributed by atoms with Crippen molar-refractivity contribution in [3.05, 3.63) is 41.2 Å². The molecule has 0 unspecified atom stereocenters. The Hall–Kier alpha value is -2.30. The third-order valence-electron chi connectivity index (χ3n) is 5.20. The van der Waals surface area contributed by atoms with Crippen molar-refractivity contribution in [3.8, 4) is 0 Å². The second kappa shape index (κ2) is 5.61. The average Bonchev–Trinajstić information content (AvgIpc) is 3.28.